The normalized spacial score (nSPS) is 17.3. The van der Waals surface area contributed by atoms with E-state index in [2.05, 4.69) is 16.3 Å². The Morgan fingerprint density at radius 3 is 3.04 bits per heavy atom. The van der Waals surface area contributed by atoms with E-state index in [1.54, 1.807) is 47.5 Å². The summed E-state index contributed by atoms with van der Waals surface area (Å²) in [7, 11) is 0. The number of nitriles is 1. The summed E-state index contributed by atoms with van der Waals surface area (Å²) in [6, 6.07) is 12.3. The second-order valence-corrected chi connectivity index (χ2v) is 5.39. The van der Waals surface area contributed by atoms with E-state index in [0.29, 0.717) is 30.1 Å². The molecular formula is C17H16N4O2. The minimum absolute atomic E-state index is 0.0745. The van der Waals surface area contributed by atoms with Crippen molar-refractivity contribution in [2.75, 3.05) is 13.1 Å². The number of hydrogen-bond acceptors (Lipinski definition) is 5. The highest BCUT2D eigenvalue weighted by Gasteiger charge is 2.26. The van der Waals surface area contributed by atoms with Crippen LogP contribution in [0.5, 0.6) is 5.88 Å². The average molecular weight is 308 g/mol. The molecule has 0 saturated carbocycles. The minimum atomic E-state index is -0.0939. The molecule has 1 amide bonds. The maximum atomic E-state index is 12.6. The predicted octanol–water partition coefficient (Wildman–Crippen LogP) is 2.03. The third kappa shape index (κ3) is 3.64. The summed E-state index contributed by atoms with van der Waals surface area (Å²) in [4.78, 5) is 14.4. The van der Waals surface area contributed by atoms with Gasteiger partial charge in [0.15, 0.2) is 0 Å². The van der Waals surface area contributed by atoms with Crippen LogP contribution in [0.25, 0.3) is 0 Å². The predicted molar refractivity (Wildman–Crippen MR) is 82.7 cm³/mol. The SMILES string of the molecule is N#Cc1cccc(C(=O)N2CCC[C@@H](Oc3cccnn3)C2)c1. The van der Waals surface area contributed by atoms with Gasteiger partial charge in [0.25, 0.3) is 5.91 Å². The maximum absolute atomic E-state index is 12.6. The molecule has 2 aromatic rings. The van der Waals surface area contributed by atoms with Crippen LogP contribution < -0.4 is 4.74 Å². The summed E-state index contributed by atoms with van der Waals surface area (Å²) in [6.45, 7) is 1.20. The van der Waals surface area contributed by atoms with Crippen LogP contribution in [0.2, 0.25) is 0 Å². The van der Waals surface area contributed by atoms with E-state index >= 15 is 0 Å². The van der Waals surface area contributed by atoms with E-state index in [9.17, 15) is 4.79 Å². The van der Waals surface area contributed by atoms with Gasteiger partial charge in [-0.05, 0) is 37.1 Å². The van der Waals surface area contributed by atoms with Crippen molar-refractivity contribution in [1.82, 2.24) is 15.1 Å². The van der Waals surface area contributed by atoms with Gasteiger partial charge in [-0.3, -0.25) is 4.79 Å². The molecular weight excluding hydrogens is 292 g/mol. The first-order valence-electron chi connectivity index (χ1n) is 7.50. The zero-order valence-electron chi connectivity index (χ0n) is 12.6. The van der Waals surface area contributed by atoms with Crippen LogP contribution in [0, 0.1) is 11.3 Å². The largest absolute Gasteiger partial charge is 0.471 e. The number of carbonyl (C=O) groups is 1. The molecule has 0 bridgehead atoms. The lowest BCUT2D eigenvalue weighted by Crippen LogP contribution is -2.44. The first-order chi connectivity index (χ1) is 11.3. The number of amides is 1. The lowest BCUT2D eigenvalue weighted by atomic mass is 10.1. The lowest BCUT2D eigenvalue weighted by Gasteiger charge is -2.32. The molecule has 23 heavy (non-hydrogen) atoms. The zero-order chi connectivity index (χ0) is 16.1. The number of ether oxygens (including phenoxy) is 1. The lowest BCUT2D eigenvalue weighted by molar-refractivity contribution is 0.0525. The van der Waals surface area contributed by atoms with E-state index in [1.807, 2.05) is 0 Å². The van der Waals surface area contributed by atoms with Crippen molar-refractivity contribution in [1.29, 1.82) is 5.26 Å². The summed E-state index contributed by atoms with van der Waals surface area (Å²) in [5, 5.41) is 16.6. The molecule has 0 unspecified atom stereocenters. The van der Waals surface area contributed by atoms with Crippen molar-refractivity contribution in [3.8, 4) is 11.9 Å². The Kier molecular flexibility index (Phi) is 4.48. The summed E-state index contributed by atoms with van der Waals surface area (Å²) in [5.41, 5.74) is 1.02. The molecule has 1 fully saturated rings. The van der Waals surface area contributed by atoms with Crippen molar-refractivity contribution in [2.45, 2.75) is 18.9 Å². The molecule has 1 aromatic heterocycles. The topological polar surface area (TPSA) is 79.1 Å². The van der Waals surface area contributed by atoms with Crippen molar-refractivity contribution >= 4 is 5.91 Å². The van der Waals surface area contributed by atoms with E-state index in [0.717, 1.165) is 12.8 Å². The average Bonchev–Trinajstić information content (AvgIpc) is 2.62. The fourth-order valence-corrected chi connectivity index (χ4v) is 2.64. The van der Waals surface area contributed by atoms with Crippen molar-refractivity contribution in [3.63, 3.8) is 0 Å². The smallest absolute Gasteiger partial charge is 0.254 e. The van der Waals surface area contributed by atoms with Gasteiger partial charge in [0.05, 0.1) is 18.2 Å². The molecule has 2 heterocycles. The van der Waals surface area contributed by atoms with Gasteiger partial charge in [-0.25, -0.2) is 0 Å². The van der Waals surface area contributed by atoms with E-state index in [-0.39, 0.29) is 12.0 Å². The summed E-state index contributed by atoms with van der Waals surface area (Å²) >= 11 is 0. The van der Waals surface area contributed by atoms with Crippen LogP contribution in [0.1, 0.15) is 28.8 Å². The second kappa shape index (κ2) is 6.88. The molecule has 0 spiro atoms. The number of hydrogen-bond donors (Lipinski definition) is 0. The molecule has 116 valence electrons. The fourth-order valence-electron chi connectivity index (χ4n) is 2.64. The molecule has 1 aliphatic heterocycles. The molecule has 1 atom stereocenters. The summed E-state index contributed by atoms with van der Waals surface area (Å²) in [6.07, 6.45) is 3.24. The molecule has 3 rings (SSSR count). The van der Waals surface area contributed by atoms with Gasteiger partial charge >= 0.3 is 0 Å². The van der Waals surface area contributed by atoms with Crippen LogP contribution in [0.3, 0.4) is 0 Å². The van der Waals surface area contributed by atoms with Gasteiger partial charge in [0.1, 0.15) is 6.10 Å². The third-order valence-electron chi connectivity index (χ3n) is 3.74. The molecule has 6 heteroatoms. The fraction of sp³-hybridized carbons (Fsp3) is 0.294. The van der Waals surface area contributed by atoms with Crippen LogP contribution in [-0.2, 0) is 0 Å². The van der Waals surface area contributed by atoms with Crippen LogP contribution >= 0.6 is 0 Å². The molecule has 1 aliphatic rings. The molecule has 1 saturated heterocycles. The van der Waals surface area contributed by atoms with Crippen LogP contribution in [0.4, 0.5) is 0 Å². The Morgan fingerprint density at radius 2 is 2.26 bits per heavy atom. The molecule has 6 nitrogen and oxygen atoms in total. The van der Waals surface area contributed by atoms with Gasteiger partial charge in [-0.1, -0.05) is 6.07 Å². The third-order valence-corrected chi connectivity index (χ3v) is 3.74. The Balaban J connectivity index is 1.68. The maximum Gasteiger partial charge on any atom is 0.254 e. The number of piperidine rings is 1. The van der Waals surface area contributed by atoms with Crippen molar-refractivity contribution in [3.05, 3.63) is 53.7 Å². The highest BCUT2D eigenvalue weighted by atomic mass is 16.5. The van der Waals surface area contributed by atoms with Gasteiger partial charge < -0.3 is 9.64 Å². The molecule has 0 aliphatic carbocycles. The first kappa shape index (κ1) is 15.0. The number of nitrogens with zero attached hydrogens (tertiary/aromatic N) is 4. The van der Waals surface area contributed by atoms with E-state index in [4.69, 9.17) is 10.00 Å². The van der Waals surface area contributed by atoms with Gasteiger partial charge in [-0.2, -0.15) is 10.4 Å². The van der Waals surface area contributed by atoms with Gasteiger partial charge in [-0.15, -0.1) is 5.10 Å². The highest BCUT2D eigenvalue weighted by Crippen LogP contribution is 2.18. The Morgan fingerprint density at radius 1 is 1.35 bits per heavy atom. The van der Waals surface area contributed by atoms with Gasteiger partial charge in [0, 0.05) is 24.4 Å². The van der Waals surface area contributed by atoms with Crippen molar-refractivity contribution < 1.29 is 9.53 Å². The zero-order valence-corrected chi connectivity index (χ0v) is 12.6. The number of likely N-dealkylation sites (tertiary alicyclic amines) is 1. The highest BCUT2D eigenvalue weighted by molar-refractivity contribution is 5.94. The molecule has 0 radical (unpaired) electrons. The number of rotatable bonds is 3. The standard InChI is InChI=1S/C17H16N4O2/c18-11-13-4-1-5-14(10-13)17(22)21-9-3-6-15(12-21)23-16-7-2-8-19-20-16/h1-2,4-5,7-8,10,15H,3,6,9,12H2/t15-/m1/s1. The first-order valence-corrected chi connectivity index (χ1v) is 7.50. The van der Waals surface area contributed by atoms with E-state index in [1.165, 1.54) is 0 Å². The van der Waals surface area contributed by atoms with Crippen molar-refractivity contribution in [2.24, 2.45) is 0 Å². The van der Waals surface area contributed by atoms with Crippen LogP contribution in [0.15, 0.2) is 42.6 Å². The minimum Gasteiger partial charge on any atom is -0.471 e. The summed E-state index contributed by atoms with van der Waals surface area (Å²) in [5.74, 6) is 0.396. The van der Waals surface area contributed by atoms with Gasteiger partial charge in [0.2, 0.25) is 5.88 Å². The quantitative estimate of drug-likeness (QED) is 0.867. The number of aromatic nitrogens is 2. The number of benzene rings is 1. The molecule has 0 N–H and O–H groups in total. The Hall–Kier alpha value is -2.94. The number of carbonyl (C=O) groups excluding carboxylic acids is 1. The summed E-state index contributed by atoms with van der Waals surface area (Å²) < 4.78 is 5.80. The van der Waals surface area contributed by atoms with E-state index < -0.39 is 0 Å². The second-order valence-electron chi connectivity index (χ2n) is 5.39. The molecule has 1 aromatic carbocycles. The van der Waals surface area contributed by atoms with Crippen LogP contribution in [-0.4, -0.2) is 40.2 Å². The monoisotopic (exact) mass is 308 g/mol. The Labute approximate surface area is 134 Å². The Bertz CT molecular complexity index is 727.